The first kappa shape index (κ1) is 48.0. The van der Waals surface area contributed by atoms with Gasteiger partial charge in [0.1, 0.15) is 48.3 Å². The van der Waals surface area contributed by atoms with E-state index < -0.39 is 144 Å². The second-order valence-electron chi connectivity index (χ2n) is 16.9. The molecule has 1 unspecified atom stereocenters. The Balaban J connectivity index is 1.77. The molecule has 12 atom stereocenters. The molecule has 4 bridgehead atoms. The Bertz CT molecular complexity index is 2270. The third-order valence-electron chi connectivity index (χ3n) is 12.3. The van der Waals surface area contributed by atoms with Crippen LogP contribution >= 0.6 is 0 Å². The summed E-state index contributed by atoms with van der Waals surface area (Å²) in [5, 5.41) is 13.7. The van der Waals surface area contributed by atoms with Gasteiger partial charge in [0, 0.05) is 54.2 Å². The number of fused-ring (bicyclic) bond motifs is 5. The van der Waals surface area contributed by atoms with Crippen molar-refractivity contribution in [3.8, 4) is 0 Å². The molecule has 3 fully saturated rings. The molecule has 22 nitrogen and oxygen atoms in total. The lowest BCUT2D eigenvalue weighted by atomic mass is 9.45. The summed E-state index contributed by atoms with van der Waals surface area (Å²) in [7, 11) is 0. The molecule has 2 aromatic rings. The number of cyclic esters (lactones) is 1. The summed E-state index contributed by atoms with van der Waals surface area (Å²) in [5.74, 6) is -11.7. The number of nitrogens with zero attached hydrogens (tertiary/aromatic N) is 1. The van der Waals surface area contributed by atoms with Gasteiger partial charge in [-0.15, -0.1) is 0 Å². The van der Waals surface area contributed by atoms with Crippen LogP contribution in [0.1, 0.15) is 95.1 Å². The maximum atomic E-state index is 15.0. The fraction of sp³-hybridized carbons (Fsp3) is 0.581. The predicted octanol–water partition coefficient (Wildman–Crippen LogP) is 1.44. The van der Waals surface area contributed by atoms with Crippen LogP contribution in [0.2, 0.25) is 0 Å². The summed E-state index contributed by atoms with van der Waals surface area (Å²) in [6.45, 7) is 7.21. The molecule has 0 amide bonds. The highest BCUT2D eigenvalue weighted by molar-refractivity contribution is 5.93. The Hall–Kier alpha value is -6.42. The molecule has 1 N–H and O–H groups in total. The van der Waals surface area contributed by atoms with Gasteiger partial charge < -0.3 is 56.9 Å². The number of aromatic nitrogens is 1. The lowest BCUT2D eigenvalue weighted by Gasteiger charge is -2.67. The van der Waals surface area contributed by atoms with Crippen LogP contribution in [0.15, 0.2) is 41.3 Å². The highest BCUT2D eigenvalue weighted by Gasteiger charge is 2.92. The van der Waals surface area contributed by atoms with Gasteiger partial charge in [0.05, 0.1) is 29.0 Å². The van der Waals surface area contributed by atoms with Gasteiger partial charge in [0.15, 0.2) is 30.0 Å². The van der Waals surface area contributed by atoms with Crippen molar-refractivity contribution in [1.82, 2.24) is 4.98 Å². The van der Waals surface area contributed by atoms with E-state index in [-0.39, 0.29) is 23.2 Å². The summed E-state index contributed by atoms with van der Waals surface area (Å²) in [5.41, 5.74) is -13.4. The van der Waals surface area contributed by atoms with E-state index in [0.29, 0.717) is 0 Å². The molecule has 1 spiro atoms. The van der Waals surface area contributed by atoms with Gasteiger partial charge in [-0.25, -0.2) is 14.4 Å². The third kappa shape index (κ3) is 8.28. The number of esters is 9. The second-order valence-corrected chi connectivity index (χ2v) is 16.9. The number of aliphatic hydroxyl groups is 1. The molecule has 6 rings (SSSR count). The molecule has 352 valence electrons. The van der Waals surface area contributed by atoms with Gasteiger partial charge in [0.25, 0.3) is 0 Å². The molecule has 2 aliphatic heterocycles. The van der Waals surface area contributed by atoms with Gasteiger partial charge in [-0.1, -0.05) is 0 Å². The number of furan rings is 1. The molecule has 2 aromatic heterocycles. The molecule has 2 aliphatic carbocycles. The molecule has 2 saturated carbocycles. The van der Waals surface area contributed by atoms with Crippen LogP contribution in [-0.4, -0.2) is 136 Å². The first-order chi connectivity index (χ1) is 30.3. The smallest absolute Gasteiger partial charge is 0.350 e. The van der Waals surface area contributed by atoms with E-state index in [1.54, 1.807) is 0 Å². The van der Waals surface area contributed by atoms with E-state index >= 15 is 4.79 Å². The van der Waals surface area contributed by atoms with Gasteiger partial charge in [0.2, 0.25) is 5.60 Å². The minimum Gasteiger partial charge on any atom is -0.472 e. The van der Waals surface area contributed by atoms with Crippen molar-refractivity contribution in [2.45, 2.75) is 134 Å². The van der Waals surface area contributed by atoms with Crippen molar-refractivity contribution in [1.29, 1.82) is 0 Å². The fourth-order valence-electron chi connectivity index (χ4n) is 9.88. The molecular weight excluding hydrogens is 866 g/mol. The minimum atomic E-state index is -3.01. The standard InChI is InChI=1S/C43H49NO21/c1-20(45)56-19-42-34(61-24(5)49)30(58-21(2)46)29-32(60-23(4)48)43(42)41(9,54)33(31(59-22(3)47)35(42)62-25(6)50)63-38(53)39(7,64-36(51)26-13-16-55-17-26)14-12-28-27(11-10-15-44-28)37(52)57-18-40(29,8)65-43/h10-11,13,15-17,29-35,54H,12,14,18-19H2,1-9H3/t29-,30-,31+,32-,33+,34-,35+,39?,40+,41+,42-,43+/m1/s1. The van der Waals surface area contributed by atoms with Crippen LogP contribution in [0.25, 0.3) is 0 Å². The van der Waals surface area contributed by atoms with E-state index in [1.807, 2.05) is 0 Å². The van der Waals surface area contributed by atoms with E-state index in [9.17, 15) is 43.5 Å². The number of aryl methyl sites for hydroxylation is 1. The number of pyridine rings is 1. The maximum absolute atomic E-state index is 15.0. The Morgan fingerprint density at radius 3 is 1.94 bits per heavy atom. The average Bonchev–Trinajstić information content (AvgIpc) is 3.82. The quantitative estimate of drug-likeness (QED) is 0.275. The zero-order chi connectivity index (χ0) is 48.0. The van der Waals surface area contributed by atoms with Gasteiger partial charge in [-0.05, 0) is 45.4 Å². The van der Waals surface area contributed by atoms with E-state index in [4.69, 9.17) is 51.8 Å². The SMILES string of the molecule is CC(=O)OC[C@]12[C@H](OC(C)=O)[C@H](OC(C)=O)[C@@H]3[C@@H](OC(C)=O)[C@@]14O[C@@]3(C)COC(=O)c1cccnc1CCC(C)(OC(=O)c1ccoc1)C(=O)O[C@@H]([C@H](OC(C)=O)[C@@H]2OC(C)=O)[C@]4(C)O. The molecule has 4 heterocycles. The van der Waals surface area contributed by atoms with E-state index in [0.717, 1.165) is 61.7 Å². The maximum Gasteiger partial charge on any atom is 0.350 e. The Morgan fingerprint density at radius 1 is 0.785 bits per heavy atom. The zero-order valence-electron chi connectivity index (χ0n) is 36.9. The number of rotatable bonds is 9. The fourth-order valence-corrected chi connectivity index (χ4v) is 9.88. The lowest BCUT2D eigenvalue weighted by Crippen LogP contribution is -2.89. The van der Waals surface area contributed by atoms with E-state index in [1.165, 1.54) is 37.6 Å². The van der Waals surface area contributed by atoms with Gasteiger partial charge >= 0.3 is 53.7 Å². The highest BCUT2D eigenvalue weighted by atomic mass is 16.7. The normalized spacial score (nSPS) is 35.0. The van der Waals surface area contributed by atoms with Crippen molar-refractivity contribution in [3.05, 3.63) is 53.7 Å². The topological polar surface area (TPSA) is 292 Å². The Morgan fingerprint density at radius 2 is 1.37 bits per heavy atom. The first-order valence-electron chi connectivity index (χ1n) is 20.3. The molecule has 65 heavy (non-hydrogen) atoms. The van der Waals surface area contributed by atoms with Crippen LogP contribution in [0.4, 0.5) is 0 Å². The Labute approximate surface area is 370 Å². The summed E-state index contributed by atoms with van der Waals surface area (Å²) >= 11 is 0. The highest BCUT2D eigenvalue weighted by Crippen LogP contribution is 2.70. The van der Waals surface area contributed by atoms with Crippen molar-refractivity contribution < 1.29 is 100 Å². The van der Waals surface area contributed by atoms with E-state index in [2.05, 4.69) is 4.98 Å². The molecule has 4 aliphatic rings. The summed E-state index contributed by atoms with van der Waals surface area (Å²) in [6.07, 6.45) is -10.00. The van der Waals surface area contributed by atoms with Crippen LogP contribution in [0.5, 0.6) is 0 Å². The van der Waals surface area contributed by atoms with Crippen LogP contribution in [0.3, 0.4) is 0 Å². The van der Waals surface area contributed by atoms with Crippen LogP contribution < -0.4 is 0 Å². The molecule has 0 aromatic carbocycles. The Kier molecular flexibility index (Phi) is 12.9. The number of hydrogen-bond acceptors (Lipinski definition) is 22. The van der Waals surface area contributed by atoms with Crippen LogP contribution in [0, 0.1) is 11.3 Å². The zero-order valence-corrected chi connectivity index (χ0v) is 36.9. The lowest BCUT2D eigenvalue weighted by molar-refractivity contribution is -0.387. The minimum absolute atomic E-state index is 0.0462. The summed E-state index contributed by atoms with van der Waals surface area (Å²) < 4.78 is 65.5. The largest absolute Gasteiger partial charge is 0.472 e. The van der Waals surface area contributed by atoms with Gasteiger partial charge in [-0.3, -0.25) is 33.8 Å². The number of ether oxygens (including phenoxy) is 10. The van der Waals surface area contributed by atoms with Crippen molar-refractivity contribution in [2.75, 3.05) is 13.2 Å². The summed E-state index contributed by atoms with van der Waals surface area (Å²) in [4.78, 5) is 127. The third-order valence-corrected chi connectivity index (χ3v) is 12.3. The van der Waals surface area contributed by atoms with Crippen molar-refractivity contribution in [2.24, 2.45) is 11.3 Å². The van der Waals surface area contributed by atoms with Gasteiger partial charge in [-0.2, -0.15) is 0 Å². The average molecular weight is 916 g/mol. The monoisotopic (exact) mass is 915 g/mol. The predicted molar refractivity (Wildman–Crippen MR) is 208 cm³/mol. The second kappa shape index (κ2) is 17.5. The van der Waals surface area contributed by atoms with Crippen molar-refractivity contribution >= 4 is 53.7 Å². The van der Waals surface area contributed by atoms with Crippen LogP contribution in [-0.2, 0) is 87.4 Å². The summed E-state index contributed by atoms with van der Waals surface area (Å²) in [6, 6.07) is 4.03. The first-order valence-corrected chi connectivity index (χ1v) is 20.3. The molecule has 22 heteroatoms. The van der Waals surface area contributed by atoms with Crippen molar-refractivity contribution in [3.63, 3.8) is 0 Å². The number of carbonyl (C=O) groups is 9. The molecular formula is C43H49NO21. The number of hydrogen-bond donors (Lipinski definition) is 1. The molecule has 0 radical (unpaired) electrons. The number of carbonyl (C=O) groups excluding carboxylic acids is 9. The molecule has 1 saturated heterocycles.